The second kappa shape index (κ2) is 6.90. The molecule has 0 aliphatic carbocycles. The van der Waals surface area contributed by atoms with Gasteiger partial charge in [0.2, 0.25) is 0 Å². The quantitative estimate of drug-likeness (QED) is 0.732. The van der Waals surface area contributed by atoms with E-state index in [-0.39, 0.29) is 12.6 Å². The zero-order valence-electron chi connectivity index (χ0n) is 9.19. The molecule has 15 heavy (non-hydrogen) atoms. The average Bonchev–Trinajstić information content (AvgIpc) is 2.61. The summed E-state index contributed by atoms with van der Waals surface area (Å²) in [6, 6.07) is 0.196. The third kappa shape index (κ3) is 4.70. The number of aliphatic hydroxyl groups is 1. The van der Waals surface area contributed by atoms with Gasteiger partial charge in [0.15, 0.2) is 0 Å². The fourth-order valence-electron chi connectivity index (χ4n) is 1.34. The molecule has 86 valence electrons. The number of ether oxygens (including phenoxy) is 1. The van der Waals surface area contributed by atoms with Crippen molar-refractivity contribution in [2.75, 3.05) is 20.3 Å². The van der Waals surface area contributed by atoms with Crippen LogP contribution in [-0.2, 0) is 11.3 Å². The molecule has 1 atom stereocenters. The number of methoxy groups -OCH3 is 1. The Bertz CT molecular complexity index is 272. The van der Waals surface area contributed by atoms with Crippen molar-refractivity contribution in [3.8, 4) is 0 Å². The van der Waals surface area contributed by atoms with Crippen LogP contribution >= 0.6 is 11.3 Å². The number of hydrogen-bond acceptors (Lipinski definition) is 5. The minimum Gasteiger partial charge on any atom is -0.396 e. The molecular weight excluding hydrogens is 212 g/mol. The van der Waals surface area contributed by atoms with Gasteiger partial charge in [0.25, 0.3) is 0 Å². The fraction of sp³-hybridized carbons (Fsp3) is 0.700. The number of aliphatic hydroxyl groups excluding tert-OH is 1. The smallest absolute Gasteiger partial charge is 0.0897 e. The van der Waals surface area contributed by atoms with Gasteiger partial charge in [-0.05, 0) is 13.3 Å². The molecule has 0 saturated heterocycles. The van der Waals surface area contributed by atoms with Gasteiger partial charge in [-0.15, -0.1) is 11.3 Å². The molecule has 0 fully saturated rings. The van der Waals surface area contributed by atoms with E-state index in [2.05, 4.69) is 10.3 Å². The second-order valence-electron chi connectivity index (χ2n) is 3.40. The lowest BCUT2D eigenvalue weighted by Crippen LogP contribution is -2.33. The molecule has 1 unspecified atom stereocenters. The standard InChI is InChI=1S/C10H18N2O2S/c1-8-12-10(7-15-8)5-11-9(3-4-13)6-14-2/h7,9,11,13H,3-6H2,1-2H3. The van der Waals surface area contributed by atoms with E-state index < -0.39 is 0 Å². The largest absolute Gasteiger partial charge is 0.396 e. The van der Waals surface area contributed by atoms with Crippen LogP contribution in [0, 0.1) is 6.92 Å². The van der Waals surface area contributed by atoms with Crippen LogP contribution in [-0.4, -0.2) is 36.5 Å². The molecule has 1 heterocycles. The Morgan fingerprint density at radius 2 is 2.47 bits per heavy atom. The van der Waals surface area contributed by atoms with Crippen LogP contribution in [0.15, 0.2) is 5.38 Å². The highest BCUT2D eigenvalue weighted by Gasteiger charge is 2.07. The number of nitrogens with zero attached hydrogens (tertiary/aromatic N) is 1. The van der Waals surface area contributed by atoms with Crippen molar-refractivity contribution in [2.45, 2.75) is 25.9 Å². The van der Waals surface area contributed by atoms with Crippen LogP contribution < -0.4 is 5.32 Å². The minimum atomic E-state index is 0.178. The van der Waals surface area contributed by atoms with Crippen molar-refractivity contribution in [1.82, 2.24) is 10.3 Å². The minimum absolute atomic E-state index is 0.178. The molecule has 0 radical (unpaired) electrons. The lowest BCUT2D eigenvalue weighted by Gasteiger charge is -2.15. The first-order valence-corrected chi connectivity index (χ1v) is 5.88. The molecule has 4 nitrogen and oxygen atoms in total. The van der Waals surface area contributed by atoms with Crippen LogP contribution in [0.5, 0.6) is 0 Å². The van der Waals surface area contributed by atoms with Crippen LogP contribution in [0.1, 0.15) is 17.1 Å². The maximum absolute atomic E-state index is 8.86. The number of aryl methyl sites for hydroxylation is 1. The molecule has 0 bridgehead atoms. The number of nitrogens with one attached hydrogen (secondary N) is 1. The SMILES string of the molecule is COCC(CCO)NCc1csc(C)n1. The molecule has 2 N–H and O–H groups in total. The van der Waals surface area contributed by atoms with Crippen LogP contribution in [0.4, 0.5) is 0 Å². The Kier molecular flexibility index (Phi) is 5.78. The van der Waals surface area contributed by atoms with Crippen molar-refractivity contribution in [3.05, 3.63) is 16.1 Å². The maximum Gasteiger partial charge on any atom is 0.0897 e. The van der Waals surface area contributed by atoms with Gasteiger partial charge < -0.3 is 15.2 Å². The van der Waals surface area contributed by atoms with Crippen molar-refractivity contribution in [2.24, 2.45) is 0 Å². The summed E-state index contributed by atoms with van der Waals surface area (Å²) in [5.74, 6) is 0. The summed E-state index contributed by atoms with van der Waals surface area (Å²) in [7, 11) is 1.67. The molecule has 0 aromatic carbocycles. The van der Waals surface area contributed by atoms with E-state index in [0.717, 1.165) is 17.2 Å². The fourth-order valence-corrected chi connectivity index (χ4v) is 1.95. The molecule has 0 saturated carbocycles. The van der Waals surface area contributed by atoms with E-state index in [4.69, 9.17) is 9.84 Å². The summed E-state index contributed by atoms with van der Waals surface area (Å²) < 4.78 is 5.06. The highest BCUT2D eigenvalue weighted by Crippen LogP contribution is 2.07. The first kappa shape index (κ1) is 12.6. The van der Waals surface area contributed by atoms with Crippen LogP contribution in [0.3, 0.4) is 0 Å². The first-order valence-electron chi connectivity index (χ1n) is 5.00. The summed E-state index contributed by atoms with van der Waals surface area (Å²) in [4.78, 5) is 4.36. The Hall–Kier alpha value is -0.490. The van der Waals surface area contributed by atoms with E-state index in [1.165, 1.54) is 0 Å². The topological polar surface area (TPSA) is 54.4 Å². The second-order valence-corrected chi connectivity index (χ2v) is 4.47. The lowest BCUT2D eigenvalue weighted by molar-refractivity contribution is 0.148. The Labute approximate surface area is 94.3 Å². The molecule has 0 amide bonds. The van der Waals surface area contributed by atoms with Crippen molar-refractivity contribution in [3.63, 3.8) is 0 Å². The Morgan fingerprint density at radius 3 is 3.00 bits per heavy atom. The molecule has 5 heteroatoms. The van der Waals surface area contributed by atoms with Crippen molar-refractivity contribution < 1.29 is 9.84 Å². The normalized spacial score (nSPS) is 13.0. The maximum atomic E-state index is 8.86. The molecule has 0 aliphatic heterocycles. The van der Waals surface area contributed by atoms with E-state index in [9.17, 15) is 0 Å². The third-order valence-corrected chi connectivity index (χ3v) is 2.91. The summed E-state index contributed by atoms with van der Waals surface area (Å²) in [5.41, 5.74) is 1.05. The van der Waals surface area contributed by atoms with Gasteiger partial charge in [0.05, 0.1) is 17.3 Å². The number of aromatic nitrogens is 1. The Balaban J connectivity index is 2.32. The molecular formula is C10H18N2O2S. The summed E-state index contributed by atoms with van der Waals surface area (Å²) >= 11 is 1.65. The van der Waals surface area contributed by atoms with Crippen molar-refractivity contribution >= 4 is 11.3 Å². The van der Waals surface area contributed by atoms with E-state index in [0.29, 0.717) is 13.0 Å². The molecule has 0 spiro atoms. The lowest BCUT2D eigenvalue weighted by atomic mass is 10.2. The highest BCUT2D eigenvalue weighted by atomic mass is 32.1. The average molecular weight is 230 g/mol. The number of rotatable bonds is 7. The molecule has 1 rings (SSSR count). The van der Waals surface area contributed by atoms with Gasteiger partial charge in [0.1, 0.15) is 0 Å². The zero-order valence-corrected chi connectivity index (χ0v) is 10.0. The molecule has 0 aliphatic rings. The monoisotopic (exact) mass is 230 g/mol. The summed E-state index contributed by atoms with van der Waals surface area (Å²) in [6.45, 7) is 3.52. The molecule has 1 aromatic heterocycles. The van der Waals surface area contributed by atoms with Gasteiger partial charge in [-0.1, -0.05) is 0 Å². The third-order valence-electron chi connectivity index (χ3n) is 2.08. The molecule has 1 aromatic rings. The van der Waals surface area contributed by atoms with Gasteiger partial charge in [-0.25, -0.2) is 4.98 Å². The number of hydrogen-bond donors (Lipinski definition) is 2. The Morgan fingerprint density at radius 1 is 1.67 bits per heavy atom. The van der Waals surface area contributed by atoms with Gasteiger partial charge in [-0.2, -0.15) is 0 Å². The van der Waals surface area contributed by atoms with Gasteiger partial charge >= 0.3 is 0 Å². The summed E-state index contributed by atoms with van der Waals surface area (Å²) in [6.07, 6.45) is 0.705. The van der Waals surface area contributed by atoms with Gasteiger partial charge in [-0.3, -0.25) is 0 Å². The van der Waals surface area contributed by atoms with E-state index in [1.54, 1.807) is 18.4 Å². The van der Waals surface area contributed by atoms with Crippen molar-refractivity contribution in [1.29, 1.82) is 0 Å². The predicted molar refractivity (Wildman–Crippen MR) is 61.1 cm³/mol. The zero-order chi connectivity index (χ0) is 11.1. The van der Waals surface area contributed by atoms with Crippen LogP contribution in [0.25, 0.3) is 0 Å². The predicted octanol–water partition coefficient (Wildman–Crippen LogP) is 0.939. The van der Waals surface area contributed by atoms with E-state index >= 15 is 0 Å². The van der Waals surface area contributed by atoms with Gasteiger partial charge in [0, 0.05) is 31.7 Å². The summed E-state index contributed by atoms with van der Waals surface area (Å²) in [5, 5.41) is 15.3. The van der Waals surface area contributed by atoms with Crippen LogP contribution in [0.2, 0.25) is 0 Å². The highest BCUT2D eigenvalue weighted by molar-refractivity contribution is 7.09. The number of thiazole rings is 1. The van der Waals surface area contributed by atoms with E-state index in [1.807, 2.05) is 12.3 Å². The first-order chi connectivity index (χ1) is 7.26.